The fourth-order valence-corrected chi connectivity index (χ4v) is 4.20. The van der Waals surface area contributed by atoms with E-state index in [0.29, 0.717) is 26.2 Å². The molecule has 146 valence electrons. The van der Waals surface area contributed by atoms with E-state index in [2.05, 4.69) is 9.88 Å². The summed E-state index contributed by atoms with van der Waals surface area (Å²) in [7, 11) is 1.84. The lowest BCUT2D eigenvalue weighted by Gasteiger charge is -2.36. The van der Waals surface area contributed by atoms with Crippen molar-refractivity contribution in [2.24, 2.45) is 0 Å². The molecule has 0 spiro atoms. The number of piperazine rings is 1. The lowest BCUT2D eigenvalue weighted by atomic mass is 10.2. The van der Waals surface area contributed by atoms with E-state index in [0.717, 1.165) is 29.3 Å². The Morgan fingerprint density at radius 3 is 2.68 bits per heavy atom. The van der Waals surface area contributed by atoms with Crippen molar-refractivity contribution in [2.45, 2.75) is 13.1 Å². The fraction of sp³-hybridized carbons (Fsp3) is 0.350. The summed E-state index contributed by atoms with van der Waals surface area (Å²) in [6, 6.07) is 11.7. The van der Waals surface area contributed by atoms with Gasteiger partial charge >= 0.3 is 6.03 Å². The van der Waals surface area contributed by atoms with Gasteiger partial charge in [-0.25, -0.2) is 9.78 Å². The molecule has 2 amide bonds. The molecule has 0 saturated carbocycles. The zero-order valence-corrected chi connectivity index (χ0v) is 16.6. The smallest absolute Gasteiger partial charge is 0.320 e. The first-order valence-electron chi connectivity index (χ1n) is 9.32. The Morgan fingerprint density at radius 1 is 1.18 bits per heavy atom. The van der Waals surface area contributed by atoms with Crippen LogP contribution in [0, 0.1) is 0 Å². The third-order valence-corrected chi connectivity index (χ3v) is 5.73. The average Bonchev–Trinajstić information content (AvgIpc) is 3.18. The maximum Gasteiger partial charge on any atom is 0.320 e. The lowest BCUT2D eigenvalue weighted by Crippen LogP contribution is -2.51. The molecule has 0 atom stereocenters. The number of benzene rings is 1. The summed E-state index contributed by atoms with van der Waals surface area (Å²) < 4.78 is 1.56. The maximum atomic E-state index is 12.7. The quantitative estimate of drug-likeness (QED) is 0.677. The minimum atomic E-state index is -0.0439. The van der Waals surface area contributed by atoms with Gasteiger partial charge in [-0.15, -0.1) is 11.3 Å². The van der Waals surface area contributed by atoms with E-state index in [4.69, 9.17) is 0 Å². The summed E-state index contributed by atoms with van der Waals surface area (Å²) >= 11 is 1.46. The van der Waals surface area contributed by atoms with Crippen LogP contribution in [0.5, 0.6) is 0 Å². The predicted octanol–water partition coefficient (Wildman–Crippen LogP) is 2.13. The van der Waals surface area contributed by atoms with E-state index in [-0.39, 0.29) is 11.6 Å². The van der Waals surface area contributed by atoms with Gasteiger partial charge in [0, 0.05) is 64.0 Å². The van der Waals surface area contributed by atoms with Gasteiger partial charge in [-0.3, -0.25) is 14.1 Å². The summed E-state index contributed by atoms with van der Waals surface area (Å²) in [6.45, 7) is 4.14. The third-order valence-electron chi connectivity index (χ3n) is 4.97. The van der Waals surface area contributed by atoms with Crippen LogP contribution in [0.15, 0.2) is 52.8 Å². The van der Waals surface area contributed by atoms with Crippen LogP contribution in [0.4, 0.5) is 4.79 Å². The first-order valence-corrected chi connectivity index (χ1v) is 10.2. The average molecular weight is 398 g/mol. The van der Waals surface area contributed by atoms with E-state index in [9.17, 15) is 9.59 Å². The molecule has 28 heavy (non-hydrogen) atoms. The largest absolute Gasteiger partial charge is 0.323 e. The number of nitrogens with zero attached hydrogens (tertiary/aromatic N) is 5. The van der Waals surface area contributed by atoms with Gasteiger partial charge < -0.3 is 9.80 Å². The number of carbonyl (C=O) groups is 1. The van der Waals surface area contributed by atoms with Crippen molar-refractivity contribution in [3.05, 3.63) is 69.6 Å². The van der Waals surface area contributed by atoms with Gasteiger partial charge in [-0.05, 0) is 5.56 Å². The van der Waals surface area contributed by atoms with Gasteiger partial charge in [-0.1, -0.05) is 30.3 Å². The standard InChI is InChI=1S/C20H23N5O2S/c1-22(14-16-5-3-2-4-6-16)20(27)24-9-7-23(8-10-24)15-17-13-18(26)25-11-12-28-19(25)21-17/h2-6,11-13H,7-10,14-15H2,1H3. The van der Waals surface area contributed by atoms with Gasteiger partial charge in [0.25, 0.3) is 5.56 Å². The zero-order chi connectivity index (χ0) is 19.5. The van der Waals surface area contributed by atoms with Crippen LogP contribution in [-0.4, -0.2) is 63.3 Å². The normalized spacial score (nSPS) is 15.1. The molecule has 0 bridgehead atoms. The number of urea groups is 1. The van der Waals surface area contributed by atoms with Gasteiger partial charge in [-0.2, -0.15) is 0 Å². The minimum absolute atomic E-state index is 0.0439. The molecule has 1 aromatic carbocycles. The summed E-state index contributed by atoms with van der Waals surface area (Å²) in [5.41, 5.74) is 1.87. The molecule has 8 heteroatoms. The van der Waals surface area contributed by atoms with Crippen LogP contribution in [0.3, 0.4) is 0 Å². The molecule has 4 rings (SSSR count). The number of rotatable bonds is 4. The van der Waals surface area contributed by atoms with Gasteiger partial charge in [0.2, 0.25) is 0 Å². The summed E-state index contributed by atoms with van der Waals surface area (Å²) in [4.78, 5) is 36.0. The third kappa shape index (κ3) is 4.07. The van der Waals surface area contributed by atoms with Crippen molar-refractivity contribution in [3.63, 3.8) is 0 Å². The Bertz CT molecular complexity index is 1010. The number of carbonyl (C=O) groups excluding carboxylic acids is 1. The molecule has 0 unspecified atom stereocenters. The number of hydrogen-bond acceptors (Lipinski definition) is 5. The molecule has 0 aliphatic carbocycles. The molecule has 0 radical (unpaired) electrons. The highest BCUT2D eigenvalue weighted by molar-refractivity contribution is 7.15. The van der Waals surface area contributed by atoms with E-state index >= 15 is 0 Å². The number of thiazole rings is 1. The van der Waals surface area contributed by atoms with Crippen LogP contribution >= 0.6 is 11.3 Å². The van der Waals surface area contributed by atoms with Crippen molar-refractivity contribution < 1.29 is 4.79 Å². The second kappa shape index (κ2) is 8.12. The van der Waals surface area contributed by atoms with Crippen molar-refractivity contribution in [3.8, 4) is 0 Å². The van der Waals surface area contributed by atoms with Crippen molar-refractivity contribution in [1.82, 2.24) is 24.1 Å². The minimum Gasteiger partial charge on any atom is -0.323 e. The first-order chi connectivity index (χ1) is 13.6. The van der Waals surface area contributed by atoms with Crippen molar-refractivity contribution in [2.75, 3.05) is 33.2 Å². The Kier molecular flexibility index (Phi) is 5.40. The monoisotopic (exact) mass is 397 g/mol. The summed E-state index contributed by atoms with van der Waals surface area (Å²) in [5.74, 6) is 0. The molecule has 2 aromatic heterocycles. The predicted molar refractivity (Wildman–Crippen MR) is 109 cm³/mol. The Labute approximate surface area is 167 Å². The Balaban J connectivity index is 1.32. The van der Waals surface area contributed by atoms with Crippen LogP contribution in [-0.2, 0) is 13.1 Å². The number of amides is 2. The van der Waals surface area contributed by atoms with E-state index in [1.54, 1.807) is 21.6 Å². The maximum absolute atomic E-state index is 12.7. The van der Waals surface area contributed by atoms with E-state index in [1.165, 1.54) is 11.3 Å². The Morgan fingerprint density at radius 2 is 1.93 bits per heavy atom. The van der Waals surface area contributed by atoms with Crippen LogP contribution in [0.2, 0.25) is 0 Å². The van der Waals surface area contributed by atoms with Gasteiger partial charge in [0.15, 0.2) is 4.96 Å². The molecule has 0 N–H and O–H groups in total. The Hall–Kier alpha value is -2.71. The van der Waals surface area contributed by atoms with Crippen LogP contribution in [0.1, 0.15) is 11.3 Å². The highest BCUT2D eigenvalue weighted by atomic mass is 32.1. The lowest BCUT2D eigenvalue weighted by molar-refractivity contribution is 0.113. The number of hydrogen-bond donors (Lipinski definition) is 0. The molecule has 7 nitrogen and oxygen atoms in total. The van der Waals surface area contributed by atoms with Crippen LogP contribution in [0.25, 0.3) is 4.96 Å². The summed E-state index contributed by atoms with van der Waals surface area (Å²) in [5, 5.41) is 1.86. The fourth-order valence-electron chi connectivity index (χ4n) is 3.46. The molecule has 1 saturated heterocycles. The molecule has 3 heterocycles. The second-order valence-electron chi connectivity index (χ2n) is 7.03. The van der Waals surface area contributed by atoms with Crippen molar-refractivity contribution in [1.29, 1.82) is 0 Å². The van der Waals surface area contributed by atoms with E-state index in [1.807, 2.05) is 47.7 Å². The van der Waals surface area contributed by atoms with Gasteiger partial charge in [0.1, 0.15) is 0 Å². The second-order valence-corrected chi connectivity index (χ2v) is 7.90. The molecular weight excluding hydrogens is 374 g/mol. The molecule has 1 aliphatic rings. The highest BCUT2D eigenvalue weighted by Gasteiger charge is 2.24. The number of aromatic nitrogens is 2. The highest BCUT2D eigenvalue weighted by Crippen LogP contribution is 2.12. The SMILES string of the molecule is CN(Cc1ccccc1)C(=O)N1CCN(Cc2cc(=O)n3ccsc3n2)CC1. The van der Waals surface area contributed by atoms with Gasteiger partial charge in [0.05, 0.1) is 5.69 Å². The molecular formula is C20H23N5O2S. The summed E-state index contributed by atoms with van der Waals surface area (Å²) in [6.07, 6.45) is 1.75. The zero-order valence-electron chi connectivity index (χ0n) is 15.8. The van der Waals surface area contributed by atoms with E-state index < -0.39 is 0 Å². The number of fused-ring (bicyclic) bond motifs is 1. The first kappa shape index (κ1) is 18.6. The molecule has 1 aliphatic heterocycles. The van der Waals surface area contributed by atoms with Crippen molar-refractivity contribution >= 4 is 22.3 Å². The molecule has 3 aromatic rings. The molecule has 1 fully saturated rings. The topological polar surface area (TPSA) is 61.2 Å². The van der Waals surface area contributed by atoms with Crippen LogP contribution < -0.4 is 5.56 Å².